The zero-order valence-electron chi connectivity index (χ0n) is 10.8. The van der Waals surface area contributed by atoms with Gasteiger partial charge in [0.2, 0.25) is 5.91 Å². The topological polar surface area (TPSA) is 81.4 Å². The van der Waals surface area contributed by atoms with Crippen LogP contribution in [-0.2, 0) is 20.7 Å². The van der Waals surface area contributed by atoms with Crippen LogP contribution in [0.5, 0.6) is 0 Å². The Bertz CT molecular complexity index is 398. The highest BCUT2D eigenvalue weighted by atomic mass is 35.5. The van der Waals surface area contributed by atoms with Gasteiger partial charge in [-0.3, -0.25) is 9.59 Å². The van der Waals surface area contributed by atoms with Gasteiger partial charge in [-0.15, -0.1) is 12.4 Å². The Balaban J connectivity index is 0.00000324. The van der Waals surface area contributed by atoms with E-state index in [1.807, 2.05) is 30.3 Å². The first-order valence-corrected chi connectivity index (χ1v) is 5.77. The standard InChI is InChI=1S/C13H18N2O3.ClH/c1-18-12(16)7-8-15-13(17)11(14)9-10-5-3-2-4-6-10;/h2-6,11H,7-9,14H2,1H3,(H,15,17);1H/t11-;/m0./s1. The average molecular weight is 287 g/mol. The average Bonchev–Trinajstić information content (AvgIpc) is 2.39. The molecule has 1 aromatic rings. The van der Waals surface area contributed by atoms with Crippen molar-refractivity contribution in [3.63, 3.8) is 0 Å². The molecule has 0 saturated carbocycles. The van der Waals surface area contributed by atoms with Crippen LogP contribution in [0.2, 0.25) is 0 Å². The van der Waals surface area contributed by atoms with E-state index >= 15 is 0 Å². The molecule has 0 aliphatic carbocycles. The number of amides is 1. The highest BCUT2D eigenvalue weighted by Gasteiger charge is 2.13. The first kappa shape index (κ1) is 17.4. The molecule has 0 unspecified atom stereocenters. The molecule has 0 heterocycles. The molecule has 5 nitrogen and oxygen atoms in total. The van der Waals surface area contributed by atoms with Crippen LogP contribution in [0.15, 0.2) is 30.3 Å². The van der Waals surface area contributed by atoms with Crippen LogP contribution in [0.25, 0.3) is 0 Å². The summed E-state index contributed by atoms with van der Waals surface area (Å²) in [6.45, 7) is 0.244. The lowest BCUT2D eigenvalue weighted by atomic mass is 10.1. The maximum atomic E-state index is 11.6. The van der Waals surface area contributed by atoms with Crippen molar-refractivity contribution in [1.29, 1.82) is 0 Å². The predicted octanol–water partition coefficient (Wildman–Crippen LogP) is 0.658. The Morgan fingerprint density at radius 1 is 1.32 bits per heavy atom. The van der Waals surface area contributed by atoms with Crippen molar-refractivity contribution >= 4 is 24.3 Å². The molecule has 1 amide bonds. The largest absolute Gasteiger partial charge is 0.469 e. The highest BCUT2D eigenvalue weighted by Crippen LogP contribution is 2.01. The van der Waals surface area contributed by atoms with E-state index in [-0.39, 0.29) is 37.2 Å². The normalized spacial score (nSPS) is 11.1. The van der Waals surface area contributed by atoms with Crippen molar-refractivity contribution in [1.82, 2.24) is 5.32 Å². The molecule has 1 aromatic carbocycles. The second-order valence-electron chi connectivity index (χ2n) is 3.91. The second kappa shape index (κ2) is 9.35. The minimum absolute atomic E-state index is 0. The van der Waals surface area contributed by atoms with Crippen molar-refractivity contribution in [2.75, 3.05) is 13.7 Å². The van der Waals surface area contributed by atoms with Gasteiger partial charge in [0.1, 0.15) is 0 Å². The molecular formula is C13H19ClN2O3. The van der Waals surface area contributed by atoms with E-state index in [4.69, 9.17) is 5.73 Å². The predicted molar refractivity (Wildman–Crippen MR) is 75.0 cm³/mol. The molecule has 3 N–H and O–H groups in total. The second-order valence-corrected chi connectivity index (χ2v) is 3.91. The fraction of sp³-hybridized carbons (Fsp3) is 0.385. The van der Waals surface area contributed by atoms with Crippen LogP contribution in [0, 0.1) is 0 Å². The molecule has 0 radical (unpaired) electrons. The molecule has 0 aliphatic rings. The van der Waals surface area contributed by atoms with Crippen molar-refractivity contribution < 1.29 is 14.3 Å². The number of hydrogen-bond acceptors (Lipinski definition) is 4. The summed E-state index contributed by atoms with van der Waals surface area (Å²) in [5, 5.41) is 2.60. The number of esters is 1. The van der Waals surface area contributed by atoms with Crippen LogP contribution in [0.4, 0.5) is 0 Å². The van der Waals surface area contributed by atoms with Crippen LogP contribution >= 0.6 is 12.4 Å². The number of nitrogens with one attached hydrogen (secondary N) is 1. The third-order valence-corrected chi connectivity index (χ3v) is 2.49. The van der Waals surface area contributed by atoms with Crippen molar-refractivity contribution in [2.45, 2.75) is 18.9 Å². The number of hydrogen-bond donors (Lipinski definition) is 2. The highest BCUT2D eigenvalue weighted by molar-refractivity contribution is 5.85. The monoisotopic (exact) mass is 286 g/mol. The van der Waals surface area contributed by atoms with Crippen LogP contribution in [0.3, 0.4) is 0 Å². The summed E-state index contributed by atoms with van der Waals surface area (Å²) in [5.41, 5.74) is 6.78. The minimum Gasteiger partial charge on any atom is -0.469 e. The zero-order valence-corrected chi connectivity index (χ0v) is 11.6. The van der Waals surface area contributed by atoms with Gasteiger partial charge in [-0.1, -0.05) is 30.3 Å². The van der Waals surface area contributed by atoms with Crippen molar-refractivity contribution in [3.8, 4) is 0 Å². The fourth-order valence-electron chi connectivity index (χ4n) is 1.48. The van der Waals surface area contributed by atoms with Gasteiger partial charge < -0.3 is 15.8 Å². The van der Waals surface area contributed by atoms with E-state index < -0.39 is 6.04 Å². The molecule has 6 heteroatoms. The number of nitrogens with two attached hydrogens (primary N) is 1. The van der Waals surface area contributed by atoms with E-state index in [0.29, 0.717) is 6.42 Å². The summed E-state index contributed by atoms with van der Waals surface area (Å²) < 4.78 is 4.47. The van der Waals surface area contributed by atoms with E-state index in [2.05, 4.69) is 10.1 Å². The molecule has 1 atom stereocenters. The number of methoxy groups -OCH3 is 1. The summed E-state index contributed by atoms with van der Waals surface area (Å²) >= 11 is 0. The number of halogens is 1. The van der Waals surface area contributed by atoms with E-state index in [1.54, 1.807) is 0 Å². The van der Waals surface area contributed by atoms with Gasteiger partial charge in [0, 0.05) is 6.54 Å². The summed E-state index contributed by atoms with van der Waals surface area (Å²) in [5.74, 6) is -0.616. The molecule has 0 saturated heterocycles. The number of benzene rings is 1. The number of carbonyl (C=O) groups excluding carboxylic acids is 2. The van der Waals surface area contributed by atoms with Gasteiger partial charge in [0.15, 0.2) is 0 Å². The molecule has 19 heavy (non-hydrogen) atoms. The Kier molecular flexibility index (Phi) is 8.57. The van der Waals surface area contributed by atoms with E-state index in [0.717, 1.165) is 5.56 Å². The van der Waals surface area contributed by atoms with Crippen molar-refractivity contribution in [2.24, 2.45) is 5.73 Å². The Morgan fingerprint density at radius 3 is 2.53 bits per heavy atom. The zero-order chi connectivity index (χ0) is 13.4. The quantitative estimate of drug-likeness (QED) is 0.753. The van der Waals surface area contributed by atoms with Crippen molar-refractivity contribution in [3.05, 3.63) is 35.9 Å². The van der Waals surface area contributed by atoms with E-state index in [1.165, 1.54) is 7.11 Å². The van der Waals surface area contributed by atoms with Gasteiger partial charge in [-0.2, -0.15) is 0 Å². The van der Waals surface area contributed by atoms with Gasteiger partial charge in [0.25, 0.3) is 0 Å². The molecule has 1 rings (SSSR count). The van der Waals surface area contributed by atoms with E-state index in [9.17, 15) is 9.59 Å². The Labute approximate surface area is 118 Å². The summed E-state index contributed by atoms with van der Waals surface area (Å²) in [4.78, 5) is 22.5. The first-order chi connectivity index (χ1) is 8.63. The minimum atomic E-state index is -0.606. The maximum absolute atomic E-state index is 11.6. The number of ether oxygens (including phenoxy) is 1. The smallest absolute Gasteiger partial charge is 0.307 e. The fourth-order valence-corrected chi connectivity index (χ4v) is 1.48. The van der Waals surface area contributed by atoms with Gasteiger partial charge in [-0.25, -0.2) is 0 Å². The van der Waals surface area contributed by atoms with Gasteiger partial charge in [-0.05, 0) is 12.0 Å². The molecule has 0 spiro atoms. The number of carbonyl (C=O) groups is 2. The van der Waals surface area contributed by atoms with Crippen LogP contribution < -0.4 is 11.1 Å². The maximum Gasteiger partial charge on any atom is 0.307 e. The molecule has 0 aliphatic heterocycles. The van der Waals surface area contributed by atoms with Gasteiger partial charge in [0.05, 0.1) is 19.6 Å². The van der Waals surface area contributed by atoms with Crippen LogP contribution in [0.1, 0.15) is 12.0 Å². The van der Waals surface area contributed by atoms with Gasteiger partial charge >= 0.3 is 5.97 Å². The van der Waals surface area contributed by atoms with Crippen LogP contribution in [-0.4, -0.2) is 31.6 Å². The molecule has 0 aromatic heterocycles. The lowest BCUT2D eigenvalue weighted by molar-refractivity contribution is -0.140. The molecular weight excluding hydrogens is 268 g/mol. The number of rotatable bonds is 6. The first-order valence-electron chi connectivity index (χ1n) is 5.77. The Hall–Kier alpha value is -1.59. The SMILES string of the molecule is COC(=O)CCNC(=O)[C@@H](N)Cc1ccccc1.Cl. The third kappa shape index (κ3) is 6.79. The molecule has 106 valence electrons. The summed E-state index contributed by atoms with van der Waals surface area (Å²) in [6.07, 6.45) is 0.630. The third-order valence-electron chi connectivity index (χ3n) is 2.49. The molecule has 0 fully saturated rings. The lowest BCUT2D eigenvalue weighted by Crippen LogP contribution is -2.42. The lowest BCUT2D eigenvalue weighted by Gasteiger charge is -2.11. The Morgan fingerprint density at radius 2 is 1.95 bits per heavy atom. The summed E-state index contributed by atoms with van der Waals surface area (Å²) in [7, 11) is 1.31. The molecule has 0 bridgehead atoms. The summed E-state index contributed by atoms with van der Waals surface area (Å²) in [6, 6.07) is 8.94.